The number of fused-ring (bicyclic) bond motifs is 2. The maximum Gasteiger partial charge on any atom is 0.337 e. The van der Waals surface area contributed by atoms with E-state index in [1.165, 1.54) is 7.11 Å². The largest absolute Gasteiger partial charge is 0.488 e. The highest BCUT2D eigenvalue weighted by Gasteiger charge is 2.20. The molecule has 3 nitrogen and oxygen atoms in total. The Hall–Kier alpha value is -2.07. The maximum atomic E-state index is 11.9. The lowest BCUT2D eigenvalue weighted by Gasteiger charge is -2.12. The van der Waals surface area contributed by atoms with E-state index in [-0.39, 0.29) is 5.97 Å². The van der Waals surface area contributed by atoms with E-state index in [0.29, 0.717) is 12.2 Å². The highest BCUT2D eigenvalue weighted by atomic mass is 79.9. The Bertz CT molecular complexity index is 765. The molecule has 4 heteroatoms. The van der Waals surface area contributed by atoms with E-state index in [1.807, 2.05) is 24.3 Å². The molecule has 1 heterocycles. The zero-order valence-corrected chi connectivity index (χ0v) is 14.4. The van der Waals surface area contributed by atoms with E-state index >= 15 is 0 Å². The minimum Gasteiger partial charge on any atom is -0.488 e. The summed E-state index contributed by atoms with van der Waals surface area (Å²) in [6, 6.07) is 13.6. The molecule has 1 aliphatic heterocycles. The smallest absolute Gasteiger partial charge is 0.337 e. The van der Waals surface area contributed by atoms with Crippen LogP contribution in [0.15, 0.2) is 48.5 Å². The van der Waals surface area contributed by atoms with Crippen LogP contribution in [0.4, 0.5) is 0 Å². The Morgan fingerprint density at radius 2 is 2.09 bits per heavy atom. The molecule has 23 heavy (non-hydrogen) atoms. The van der Waals surface area contributed by atoms with E-state index in [0.717, 1.165) is 39.8 Å². The molecule has 0 bridgehead atoms. The van der Waals surface area contributed by atoms with Crippen LogP contribution in [0, 0.1) is 0 Å². The van der Waals surface area contributed by atoms with Gasteiger partial charge >= 0.3 is 5.97 Å². The summed E-state index contributed by atoms with van der Waals surface area (Å²) in [6.07, 6.45) is 3.08. The zero-order valence-electron chi connectivity index (χ0n) is 12.8. The Morgan fingerprint density at radius 3 is 2.87 bits per heavy atom. The lowest BCUT2D eigenvalue weighted by atomic mass is 9.92. The van der Waals surface area contributed by atoms with Gasteiger partial charge in [0.05, 0.1) is 12.7 Å². The fourth-order valence-corrected chi connectivity index (χ4v) is 2.97. The van der Waals surface area contributed by atoms with E-state index in [2.05, 4.69) is 34.1 Å². The molecule has 1 aliphatic rings. The third kappa shape index (κ3) is 3.17. The predicted octanol–water partition coefficient (Wildman–Crippen LogP) is 4.58. The molecule has 118 valence electrons. The number of methoxy groups -OCH3 is 1. The summed E-state index contributed by atoms with van der Waals surface area (Å²) >= 11 is 3.47. The van der Waals surface area contributed by atoms with E-state index < -0.39 is 0 Å². The van der Waals surface area contributed by atoms with Gasteiger partial charge in [0.15, 0.2) is 0 Å². The molecule has 0 saturated carbocycles. The summed E-state index contributed by atoms with van der Waals surface area (Å²) in [5.41, 5.74) is 4.84. The van der Waals surface area contributed by atoms with Crippen molar-refractivity contribution in [3.63, 3.8) is 0 Å². The summed E-state index contributed by atoms with van der Waals surface area (Å²) in [4.78, 5) is 11.9. The van der Waals surface area contributed by atoms with Crippen molar-refractivity contribution in [2.24, 2.45) is 0 Å². The van der Waals surface area contributed by atoms with Gasteiger partial charge in [0.1, 0.15) is 12.4 Å². The molecule has 0 spiro atoms. The monoisotopic (exact) mass is 372 g/mol. The summed E-state index contributed by atoms with van der Waals surface area (Å²) < 4.78 is 10.8. The number of benzene rings is 2. The number of allylic oxidation sites excluding steroid dienone is 1. The summed E-state index contributed by atoms with van der Waals surface area (Å²) in [5.74, 6) is 0.444. The summed E-state index contributed by atoms with van der Waals surface area (Å²) in [5, 5.41) is 0.881. The molecule has 0 aliphatic carbocycles. The van der Waals surface area contributed by atoms with Crippen molar-refractivity contribution < 1.29 is 14.3 Å². The quantitative estimate of drug-likeness (QED) is 0.584. The van der Waals surface area contributed by atoms with Crippen LogP contribution >= 0.6 is 15.9 Å². The molecule has 0 saturated heterocycles. The Kier molecular flexibility index (Phi) is 4.82. The lowest BCUT2D eigenvalue weighted by Crippen LogP contribution is -2.02. The number of hydrogen-bond acceptors (Lipinski definition) is 3. The van der Waals surface area contributed by atoms with Gasteiger partial charge in [0, 0.05) is 10.9 Å². The lowest BCUT2D eigenvalue weighted by molar-refractivity contribution is 0.0600. The van der Waals surface area contributed by atoms with Gasteiger partial charge in [0.2, 0.25) is 0 Å². The Labute approximate surface area is 144 Å². The van der Waals surface area contributed by atoms with E-state index in [1.54, 1.807) is 6.07 Å². The second-order valence-corrected chi connectivity index (χ2v) is 6.04. The van der Waals surface area contributed by atoms with Crippen LogP contribution in [-0.2, 0) is 11.3 Å². The van der Waals surface area contributed by atoms with Gasteiger partial charge in [-0.15, -0.1) is 0 Å². The van der Waals surface area contributed by atoms with Crippen molar-refractivity contribution in [3.8, 4) is 5.75 Å². The molecule has 2 aromatic carbocycles. The third-order valence-electron chi connectivity index (χ3n) is 3.84. The molecule has 0 amide bonds. The molecule has 0 aromatic heterocycles. The van der Waals surface area contributed by atoms with Crippen LogP contribution in [0.3, 0.4) is 0 Å². The Balaban J connectivity index is 2.18. The van der Waals surface area contributed by atoms with Crippen molar-refractivity contribution >= 4 is 27.5 Å². The molecule has 0 unspecified atom stereocenters. The van der Waals surface area contributed by atoms with Gasteiger partial charge in [-0.2, -0.15) is 0 Å². The Morgan fingerprint density at radius 1 is 1.26 bits per heavy atom. The first-order valence-electron chi connectivity index (χ1n) is 7.44. The van der Waals surface area contributed by atoms with Gasteiger partial charge in [-0.3, -0.25) is 0 Å². The molecular formula is C19H17BrO3. The van der Waals surface area contributed by atoms with Gasteiger partial charge < -0.3 is 9.47 Å². The van der Waals surface area contributed by atoms with Crippen molar-refractivity contribution in [3.05, 3.63) is 70.8 Å². The standard InChI is InChI=1S/C19H17BrO3/c1-22-19(21)13-8-9-18-17(11-13)16(7-4-10-20)15-6-3-2-5-14(15)12-23-18/h2-3,5-9,11H,4,10,12H2,1H3. The number of esters is 1. The van der Waals surface area contributed by atoms with Crippen LogP contribution in [0.2, 0.25) is 0 Å². The third-order valence-corrected chi connectivity index (χ3v) is 4.30. The highest BCUT2D eigenvalue weighted by molar-refractivity contribution is 9.09. The number of carbonyl (C=O) groups is 1. The molecular weight excluding hydrogens is 356 g/mol. The van der Waals surface area contributed by atoms with Gasteiger partial charge in [-0.05, 0) is 41.3 Å². The number of hydrogen-bond donors (Lipinski definition) is 0. The molecule has 0 atom stereocenters. The van der Waals surface area contributed by atoms with Crippen LogP contribution in [0.1, 0.15) is 33.5 Å². The molecule has 0 N–H and O–H groups in total. The molecule has 0 radical (unpaired) electrons. The van der Waals surface area contributed by atoms with Crippen molar-refractivity contribution in [2.45, 2.75) is 13.0 Å². The number of halogens is 1. The summed E-state index contributed by atoms with van der Waals surface area (Å²) in [7, 11) is 1.39. The van der Waals surface area contributed by atoms with Gasteiger partial charge in [-0.1, -0.05) is 46.3 Å². The second kappa shape index (κ2) is 7.01. The number of rotatable bonds is 3. The fraction of sp³-hybridized carbons (Fsp3) is 0.211. The molecule has 0 fully saturated rings. The summed E-state index contributed by atoms with van der Waals surface area (Å²) in [6.45, 7) is 0.520. The number of alkyl halides is 1. The average molecular weight is 373 g/mol. The highest BCUT2D eigenvalue weighted by Crippen LogP contribution is 2.37. The first-order chi connectivity index (χ1) is 11.2. The van der Waals surface area contributed by atoms with Crippen LogP contribution < -0.4 is 4.74 Å². The van der Waals surface area contributed by atoms with Gasteiger partial charge in [0.25, 0.3) is 0 Å². The van der Waals surface area contributed by atoms with E-state index in [4.69, 9.17) is 9.47 Å². The SMILES string of the molecule is COC(=O)c1ccc2c(c1)C(=CCCBr)c1ccccc1CO2. The van der Waals surface area contributed by atoms with Crippen molar-refractivity contribution in [1.82, 2.24) is 0 Å². The van der Waals surface area contributed by atoms with Gasteiger partial charge in [-0.25, -0.2) is 4.79 Å². The van der Waals surface area contributed by atoms with Crippen LogP contribution in [-0.4, -0.2) is 18.4 Å². The van der Waals surface area contributed by atoms with Crippen LogP contribution in [0.5, 0.6) is 5.75 Å². The van der Waals surface area contributed by atoms with E-state index in [9.17, 15) is 4.79 Å². The normalized spacial score (nSPS) is 14.4. The number of carbonyl (C=O) groups excluding carboxylic acids is 1. The minimum atomic E-state index is -0.342. The maximum absolute atomic E-state index is 11.9. The average Bonchev–Trinajstić information content (AvgIpc) is 2.75. The van der Waals surface area contributed by atoms with Crippen molar-refractivity contribution in [2.75, 3.05) is 12.4 Å². The minimum absolute atomic E-state index is 0.342. The number of ether oxygens (including phenoxy) is 2. The molecule has 2 aromatic rings. The first kappa shape index (κ1) is 15.8. The van der Waals surface area contributed by atoms with Crippen LogP contribution in [0.25, 0.3) is 5.57 Å². The topological polar surface area (TPSA) is 35.5 Å². The second-order valence-electron chi connectivity index (χ2n) is 5.24. The predicted molar refractivity (Wildman–Crippen MR) is 94.0 cm³/mol. The fourth-order valence-electron chi connectivity index (χ4n) is 2.74. The van der Waals surface area contributed by atoms with Crippen molar-refractivity contribution in [1.29, 1.82) is 0 Å². The molecule has 3 rings (SSSR count). The zero-order chi connectivity index (χ0) is 16.2. The first-order valence-corrected chi connectivity index (χ1v) is 8.56.